The number of aliphatic hydroxyl groups is 6. The third-order valence-electron chi connectivity index (χ3n) is 7.72. The highest BCUT2D eigenvalue weighted by molar-refractivity contribution is 6.02. The van der Waals surface area contributed by atoms with Crippen molar-refractivity contribution in [2.24, 2.45) is 0 Å². The molecule has 0 spiro atoms. The third kappa shape index (κ3) is 5.95. The highest BCUT2D eigenvalue weighted by atomic mass is 16.8. The second-order valence-electron chi connectivity index (χ2n) is 10.6. The molecular formula is C28H34O15. The van der Waals surface area contributed by atoms with E-state index in [4.69, 9.17) is 28.4 Å². The number of carbonyl (C=O) groups is 1. The predicted octanol–water partition coefficient (Wildman–Crippen LogP) is -1.16. The first-order chi connectivity index (χ1) is 20.4. The Hall–Kier alpha value is -3.25. The molecule has 0 radical (unpaired) electrons. The Balaban J connectivity index is 1.41. The van der Waals surface area contributed by atoms with E-state index in [0.29, 0.717) is 5.56 Å². The van der Waals surface area contributed by atoms with E-state index in [9.17, 15) is 45.6 Å². The number of carbonyl (C=O) groups excluding carboxylic acids is 1. The van der Waals surface area contributed by atoms with Crippen LogP contribution in [0.2, 0.25) is 0 Å². The number of aliphatic hydroxyl groups excluding tert-OH is 6. The fourth-order valence-corrected chi connectivity index (χ4v) is 5.29. The molecule has 5 rings (SSSR count). The van der Waals surface area contributed by atoms with Crippen LogP contribution in [0.5, 0.6) is 28.7 Å². The smallest absolute Gasteiger partial charge is 0.229 e. The van der Waals surface area contributed by atoms with Crippen molar-refractivity contribution >= 4 is 5.78 Å². The van der Waals surface area contributed by atoms with Gasteiger partial charge in [0.25, 0.3) is 0 Å². The number of methoxy groups -OCH3 is 1. The molecule has 2 saturated heterocycles. The van der Waals surface area contributed by atoms with Gasteiger partial charge < -0.3 is 69.3 Å². The van der Waals surface area contributed by atoms with Crippen molar-refractivity contribution in [3.8, 4) is 28.7 Å². The highest BCUT2D eigenvalue weighted by Gasteiger charge is 2.51. The quantitative estimate of drug-likeness (QED) is 0.185. The lowest BCUT2D eigenvalue weighted by Crippen LogP contribution is -2.64. The zero-order chi connectivity index (χ0) is 31.2. The summed E-state index contributed by atoms with van der Waals surface area (Å²) in [6.07, 6.45) is -16.3. The number of ether oxygens (including phenoxy) is 6. The first-order valence-corrected chi connectivity index (χ1v) is 13.5. The van der Waals surface area contributed by atoms with Crippen LogP contribution in [-0.2, 0) is 14.2 Å². The monoisotopic (exact) mass is 610 g/mol. The number of Topliss-reactive ketones (excluding diaryl/α,β-unsaturated/α-hetero) is 1. The number of hydrogen-bond donors (Lipinski definition) is 8. The summed E-state index contributed by atoms with van der Waals surface area (Å²) < 4.78 is 33.7. The predicted molar refractivity (Wildman–Crippen MR) is 141 cm³/mol. The number of phenols is 2. The molecule has 15 nitrogen and oxygen atoms in total. The van der Waals surface area contributed by atoms with Crippen LogP contribution in [0.1, 0.15) is 35.4 Å². The second kappa shape index (κ2) is 12.4. The van der Waals surface area contributed by atoms with E-state index >= 15 is 0 Å². The molecule has 0 aliphatic carbocycles. The van der Waals surface area contributed by atoms with Gasteiger partial charge in [0.15, 0.2) is 29.7 Å². The average Bonchev–Trinajstić information content (AvgIpc) is 2.97. The molecule has 2 aromatic rings. The van der Waals surface area contributed by atoms with Crippen LogP contribution >= 0.6 is 0 Å². The zero-order valence-electron chi connectivity index (χ0n) is 23.1. The standard InChI is InChI=1S/C28H34O15/c1-10-21(33)23(35)25(37)27(39-10)43-26-24(36)22(34)19(9-29)42-28(26)40-12-6-14(31)20-15(32)8-17(41-18(20)7-12)11-3-4-16(38-2)13(30)5-11/h3-7,10,17,19,21-31,33-37H,8-9H2,1-2H3/t10-,17+,19+,21+,22+,23+,24-,25+,26+,27+,28+/m1/s1. The van der Waals surface area contributed by atoms with Crippen LogP contribution < -0.4 is 14.2 Å². The Bertz CT molecular complexity index is 1320. The number of fused-ring (bicyclic) bond motifs is 1. The van der Waals surface area contributed by atoms with Crippen molar-refractivity contribution in [1.82, 2.24) is 0 Å². The molecule has 0 bridgehead atoms. The van der Waals surface area contributed by atoms with E-state index in [-0.39, 0.29) is 35.0 Å². The van der Waals surface area contributed by atoms with E-state index in [2.05, 4.69) is 0 Å². The first kappa shape index (κ1) is 31.2. The largest absolute Gasteiger partial charge is 0.507 e. The lowest BCUT2D eigenvalue weighted by atomic mass is 9.95. The normalized spacial score (nSPS) is 36.0. The number of phenolic OH excluding ortho intramolecular Hbond substituents is 2. The van der Waals surface area contributed by atoms with Gasteiger partial charge in [-0.25, -0.2) is 0 Å². The first-order valence-electron chi connectivity index (χ1n) is 13.5. The topological polar surface area (TPSA) is 234 Å². The minimum absolute atomic E-state index is 0.0592. The van der Waals surface area contributed by atoms with Crippen molar-refractivity contribution in [1.29, 1.82) is 0 Å². The van der Waals surface area contributed by atoms with E-state index in [0.717, 1.165) is 6.07 Å². The number of hydrogen-bond acceptors (Lipinski definition) is 15. The molecule has 2 aromatic carbocycles. The highest BCUT2D eigenvalue weighted by Crippen LogP contribution is 2.43. The lowest BCUT2D eigenvalue weighted by molar-refractivity contribution is -0.354. The minimum atomic E-state index is -1.76. The summed E-state index contributed by atoms with van der Waals surface area (Å²) in [4.78, 5) is 13.0. The van der Waals surface area contributed by atoms with Gasteiger partial charge >= 0.3 is 0 Å². The third-order valence-corrected chi connectivity index (χ3v) is 7.72. The summed E-state index contributed by atoms with van der Waals surface area (Å²) in [6, 6.07) is 6.89. The minimum Gasteiger partial charge on any atom is -0.507 e. The molecule has 15 heteroatoms. The maximum absolute atomic E-state index is 13.0. The summed E-state index contributed by atoms with van der Waals surface area (Å²) in [6.45, 7) is 0.699. The fraction of sp³-hybridized carbons (Fsp3) is 0.536. The number of rotatable bonds is 7. The van der Waals surface area contributed by atoms with Gasteiger partial charge in [-0.2, -0.15) is 0 Å². The lowest BCUT2D eigenvalue weighted by Gasteiger charge is -2.45. The SMILES string of the molecule is COc1ccc([C@@H]2CC(=O)c3c(O)cc(O[C@H]4O[C@@H](CO)[C@H](O)[C@@H](O)[C@@H]4O[C@@H]4O[C@H](C)[C@H](O)[C@H](O)[C@@H]4O)cc3O2)cc1O. The molecule has 43 heavy (non-hydrogen) atoms. The van der Waals surface area contributed by atoms with Crippen molar-refractivity contribution in [3.05, 3.63) is 41.5 Å². The number of benzene rings is 2. The van der Waals surface area contributed by atoms with Gasteiger partial charge in [-0.3, -0.25) is 4.79 Å². The van der Waals surface area contributed by atoms with Crippen LogP contribution in [0, 0.1) is 0 Å². The van der Waals surface area contributed by atoms with Crippen molar-refractivity contribution in [3.63, 3.8) is 0 Å². The van der Waals surface area contributed by atoms with Crippen molar-refractivity contribution < 1.29 is 74.1 Å². The summed E-state index contributed by atoms with van der Waals surface area (Å²) in [5.74, 6) is -1.06. The van der Waals surface area contributed by atoms with Crippen molar-refractivity contribution in [2.45, 2.75) is 80.9 Å². The molecule has 0 aromatic heterocycles. The van der Waals surface area contributed by atoms with E-state index < -0.39 is 85.7 Å². The summed E-state index contributed by atoms with van der Waals surface area (Å²) in [5, 5.41) is 82.4. The summed E-state index contributed by atoms with van der Waals surface area (Å²) in [7, 11) is 1.39. The van der Waals surface area contributed by atoms with Crippen LogP contribution in [-0.4, -0.2) is 122 Å². The molecule has 8 N–H and O–H groups in total. The molecule has 0 amide bonds. The number of aromatic hydroxyl groups is 2. The molecule has 3 aliphatic rings. The van der Waals surface area contributed by atoms with Gasteiger partial charge in [0, 0.05) is 12.1 Å². The zero-order valence-corrected chi connectivity index (χ0v) is 23.1. The van der Waals surface area contributed by atoms with E-state index in [1.807, 2.05) is 0 Å². The Morgan fingerprint density at radius 3 is 2.30 bits per heavy atom. The summed E-state index contributed by atoms with van der Waals surface area (Å²) >= 11 is 0. The average molecular weight is 611 g/mol. The van der Waals surface area contributed by atoms with Gasteiger partial charge in [-0.1, -0.05) is 6.07 Å². The maximum Gasteiger partial charge on any atom is 0.229 e. The summed E-state index contributed by atoms with van der Waals surface area (Å²) in [5.41, 5.74) is 0.352. The van der Waals surface area contributed by atoms with Gasteiger partial charge in [-0.05, 0) is 24.6 Å². The molecule has 3 aliphatic heterocycles. The molecule has 0 saturated carbocycles. The van der Waals surface area contributed by atoms with Crippen LogP contribution in [0.4, 0.5) is 0 Å². The fourth-order valence-electron chi connectivity index (χ4n) is 5.29. The van der Waals surface area contributed by atoms with Crippen LogP contribution in [0.3, 0.4) is 0 Å². The number of ketones is 1. The molecule has 2 fully saturated rings. The molecule has 11 atom stereocenters. The Morgan fingerprint density at radius 2 is 1.63 bits per heavy atom. The van der Waals surface area contributed by atoms with Crippen molar-refractivity contribution in [2.75, 3.05) is 13.7 Å². The Kier molecular flexibility index (Phi) is 8.99. The van der Waals surface area contributed by atoms with E-state index in [1.54, 1.807) is 6.07 Å². The van der Waals surface area contributed by atoms with Gasteiger partial charge in [0.1, 0.15) is 65.5 Å². The molecular weight excluding hydrogens is 576 g/mol. The second-order valence-corrected chi connectivity index (χ2v) is 10.6. The van der Waals surface area contributed by atoms with Crippen LogP contribution in [0.25, 0.3) is 0 Å². The maximum atomic E-state index is 13.0. The molecule has 3 heterocycles. The Morgan fingerprint density at radius 1 is 0.884 bits per heavy atom. The van der Waals surface area contributed by atoms with Gasteiger partial charge in [0.2, 0.25) is 6.29 Å². The Labute approximate surface area is 245 Å². The van der Waals surface area contributed by atoms with Gasteiger partial charge in [-0.15, -0.1) is 0 Å². The van der Waals surface area contributed by atoms with Gasteiger partial charge in [0.05, 0.1) is 26.2 Å². The molecule has 236 valence electrons. The molecule has 0 unspecified atom stereocenters. The van der Waals surface area contributed by atoms with E-state index in [1.165, 1.54) is 32.2 Å². The van der Waals surface area contributed by atoms with Crippen LogP contribution in [0.15, 0.2) is 30.3 Å².